The van der Waals surface area contributed by atoms with E-state index in [4.69, 9.17) is 22.3 Å². The van der Waals surface area contributed by atoms with Gasteiger partial charge < -0.3 is 21.9 Å². The van der Waals surface area contributed by atoms with E-state index >= 15 is 0 Å². The standard InChI is InChI=1S/C20H24N6O4S5/c1-31-8-13(27)25-14-16(28)26-15(18(29)30)12(7-32-17(14)26)35-11-3-2-9(5-33-19(21)22)4-10(11)6-34-20(23)24/h2-4,14,17H,5-8H2,1H3,(H3,21,22)(H3,23,24)(H,25,27)(H,29,30)/t14-,17-/m1/s1. The number of rotatable bonds is 10. The quantitative estimate of drug-likeness (QED) is 0.137. The van der Waals surface area contributed by atoms with Crippen molar-refractivity contribution in [3.63, 3.8) is 0 Å². The van der Waals surface area contributed by atoms with Gasteiger partial charge in [-0.2, -0.15) is 11.8 Å². The molecule has 1 fully saturated rings. The lowest BCUT2D eigenvalue weighted by molar-refractivity contribution is -0.150. The van der Waals surface area contributed by atoms with E-state index < -0.39 is 23.3 Å². The Balaban J connectivity index is 1.86. The van der Waals surface area contributed by atoms with Gasteiger partial charge in [-0.05, 0) is 23.4 Å². The van der Waals surface area contributed by atoms with E-state index in [0.29, 0.717) is 22.2 Å². The van der Waals surface area contributed by atoms with Crippen molar-refractivity contribution in [3.05, 3.63) is 39.9 Å². The molecule has 3 rings (SSSR count). The summed E-state index contributed by atoms with van der Waals surface area (Å²) >= 11 is 6.38. The van der Waals surface area contributed by atoms with E-state index in [1.54, 1.807) is 6.26 Å². The predicted octanol–water partition coefficient (Wildman–Crippen LogP) is 2.09. The maximum absolute atomic E-state index is 12.8. The van der Waals surface area contributed by atoms with Crippen molar-refractivity contribution in [2.24, 2.45) is 11.5 Å². The number of amidine groups is 2. The number of hydrogen-bond donors (Lipinski definition) is 6. The lowest BCUT2D eigenvalue weighted by atomic mass is 10.1. The highest BCUT2D eigenvalue weighted by atomic mass is 32.2. The molecule has 8 N–H and O–H groups in total. The first-order chi connectivity index (χ1) is 16.6. The molecule has 0 bridgehead atoms. The number of thioether (sulfide) groups is 5. The van der Waals surface area contributed by atoms with Gasteiger partial charge in [-0.15, -0.1) is 11.8 Å². The molecule has 0 radical (unpaired) electrons. The van der Waals surface area contributed by atoms with Crippen molar-refractivity contribution in [2.45, 2.75) is 27.8 Å². The van der Waals surface area contributed by atoms with Crippen molar-refractivity contribution in [3.8, 4) is 0 Å². The van der Waals surface area contributed by atoms with E-state index in [0.717, 1.165) is 27.8 Å². The van der Waals surface area contributed by atoms with Gasteiger partial charge in [0.25, 0.3) is 5.91 Å². The third kappa shape index (κ3) is 6.84. The largest absolute Gasteiger partial charge is 0.477 e. The summed E-state index contributed by atoms with van der Waals surface area (Å²) in [6.45, 7) is 0. The summed E-state index contributed by atoms with van der Waals surface area (Å²) in [5, 5.41) is 27.1. The monoisotopic (exact) mass is 572 g/mol. The summed E-state index contributed by atoms with van der Waals surface area (Å²) in [7, 11) is 0. The number of nitrogens with zero attached hydrogens (tertiary/aromatic N) is 1. The number of carbonyl (C=O) groups is 3. The molecule has 0 aromatic heterocycles. The molecule has 2 aliphatic heterocycles. The van der Waals surface area contributed by atoms with Gasteiger partial charge in [0.05, 0.1) is 5.75 Å². The highest BCUT2D eigenvalue weighted by molar-refractivity contribution is 8.13. The summed E-state index contributed by atoms with van der Waals surface area (Å²) < 4.78 is 0. The Labute approximate surface area is 223 Å². The number of carbonyl (C=O) groups excluding carboxylic acids is 2. The van der Waals surface area contributed by atoms with Crippen molar-refractivity contribution >= 4 is 86.9 Å². The Bertz CT molecular complexity index is 1100. The highest BCUT2D eigenvalue weighted by Crippen LogP contribution is 2.46. The Kier molecular flexibility index (Phi) is 9.75. The number of nitrogens with two attached hydrogens (primary N) is 2. The Morgan fingerprint density at radius 1 is 1.23 bits per heavy atom. The number of carboxylic acid groups (broad SMARTS) is 1. The maximum Gasteiger partial charge on any atom is 0.353 e. The van der Waals surface area contributed by atoms with Crippen LogP contribution in [0.5, 0.6) is 0 Å². The fourth-order valence-electron chi connectivity index (χ4n) is 3.40. The lowest BCUT2D eigenvalue weighted by Crippen LogP contribution is -2.70. The van der Waals surface area contributed by atoms with Crippen LogP contribution in [0.3, 0.4) is 0 Å². The number of carboxylic acids is 1. The fourth-order valence-corrected chi connectivity index (χ4v) is 7.47. The first kappa shape index (κ1) is 27.6. The van der Waals surface area contributed by atoms with Crippen LogP contribution in [-0.4, -0.2) is 67.3 Å². The summed E-state index contributed by atoms with van der Waals surface area (Å²) in [5.74, 6) is -0.376. The second-order valence-corrected chi connectivity index (χ2v) is 12.5. The van der Waals surface area contributed by atoms with Gasteiger partial charge in [-0.1, -0.05) is 47.4 Å². The molecule has 0 unspecified atom stereocenters. The van der Waals surface area contributed by atoms with Gasteiger partial charge in [0.2, 0.25) is 5.91 Å². The number of benzene rings is 1. The third-order valence-electron chi connectivity index (χ3n) is 4.86. The Hall–Kier alpha value is -1.94. The molecule has 188 valence electrons. The van der Waals surface area contributed by atoms with Gasteiger partial charge in [-0.3, -0.25) is 25.3 Å². The minimum atomic E-state index is -1.20. The topological polar surface area (TPSA) is 186 Å². The normalized spacial score (nSPS) is 19.1. The molecule has 0 saturated carbocycles. The molecule has 2 atom stereocenters. The molecular formula is C20H24N6O4S5. The fraction of sp³-hybridized carbons (Fsp3) is 0.350. The number of amides is 2. The van der Waals surface area contributed by atoms with Gasteiger partial charge in [0.1, 0.15) is 17.1 Å². The van der Waals surface area contributed by atoms with Crippen LogP contribution >= 0.6 is 58.8 Å². The molecular weight excluding hydrogens is 549 g/mol. The van der Waals surface area contributed by atoms with E-state index in [9.17, 15) is 19.5 Å². The van der Waals surface area contributed by atoms with Crippen molar-refractivity contribution in [1.82, 2.24) is 10.2 Å². The number of β-lactam (4-membered cyclic amide) rings is 1. The first-order valence-electron chi connectivity index (χ1n) is 10.0. The van der Waals surface area contributed by atoms with Crippen molar-refractivity contribution in [2.75, 3.05) is 17.8 Å². The van der Waals surface area contributed by atoms with Crippen LogP contribution < -0.4 is 16.8 Å². The maximum atomic E-state index is 12.8. The van der Waals surface area contributed by atoms with Crippen LogP contribution in [0, 0.1) is 10.8 Å². The average molecular weight is 573 g/mol. The summed E-state index contributed by atoms with van der Waals surface area (Å²) in [4.78, 5) is 39.5. The zero-order chi connectivity index (χ0) is 25.7. The zero-order valence-electron chi connectivity index (χ0n) is 18.5. The summed E-state index contributed by atoms with van der Waals surface area (Å²) in [6, 6.07) is 4.94. The zero-order valence-corrected chi connectivity index (χ0v) is 22.6. The Morgan fingerprint density at radius 3 is 2.54 bits per heavy atom. The van der Waals surface area contributed by atoms with E-state index in [1.807, 2.05) is 18.2 Å². The highest BCUT2D eigenvalue weighted by Gasteiger charge is 2.54. The molecule has 2 amide bonds. The van der Waals surface area contributed by atoms with Gasteiger partial charge >= 0.3 is 5.97 Å². The minimum Gasteiger partial charge on any atom is -0.477 e. The average Bonchev–Trinajstić information content (AvgIpc) is 2.80. The minimum absolute atomic E-state index is 0.00955. The van der Waals surface area contributed by atoms with E-state index in [-0.39, 0.29) is 27.7 Å². The predicted molar refractivity (Wildman–Crippen MR) is 147 cm³/mol. The molecule has 0 spiro atoms. The summed E-state index contributed by atoms with van der Waals surface area (Å²) in [6.07, 6.45) is 1.79. The second kappa shape index (κ2) is 12.3. The lowest BCUT2D eigenvalue weighted by Gasteiger charge is -2.49. The number of fused-ring (bicyclic) bond motifs is 1. The number of nitrogens with one attached hydrogen (secondary N) is 3. The van der Waals surface area contributed by atoms with Gasteiger partial charge in [-0.25, -0.2) is 4.79 Å². The molecule has 1 aromatic carbocycles. The van der Waals surface area contributed by atoms with Gasteiger partial charge in [0, 0.05) is 27.1 Å². The molecule has 35 heavy (non-hydrogen) atoms. The van der Waals surface area contributed by atoms with Crippen LogP contribution in [0.15, 0.2) is 33.7 Å². The first-order valence-corrected chi connectivity index (χ1v) is 15.3. The SMILES string of the molecule is CSCC(=O)N[C@@H]1C(=O)N2C(C(=O)O)=C(Sc3ccc(CSC(=N)N)cc3CSC(=N)N)CS[C@H]12. The van der Waals surface area contributed by atoms with Crippen LogP contribution in [0.25, 0.3) is 0 Å². The smallest absolute Gasteiger partial charge is 0.353 e. The van der Waals surface area contributed by atoms with Crippen molar-refractivity contribution < 1.29 is 19.5 Å². The molecule has 10 nitrogen and oxygen atoms in total. The molecule has 0 aliphatic carbocycles. The molecule has 1 saturated heterocycles. The molecule has 2 heterocycles. The molecule has 1 aromatic rings. The summed E-state index contributed by atoms with van der Waals surface area (Å²) in [5.41, 5.74) is 12.7. The molecule has 15 heteroatoms. The Morgan fingerprint density at radius 2 is 1.91 bits per heavy atom. The van der Waals surface area contributed by atoms with Crippen LogP contribution in [0.2, 0.25) is 0 Å². The van der Waals surface area contributed by atoms with E-state index in [1.165, 1.54) is 51.9 Å². The second-order valence-electron chi connectivity index (χ2n) is 7.31. The number of aliphatic carboxylic acids is 1. The number of hydrogen-bond acceptors (Lipinski definition) is 10. The van der Waals surface area contributed by atoms with Crippen LogP contribution in [-0.2, 0) is 25.9 Å². The van der Waals surface area contributed by atoms with Crippen molar-refractivity contribution in [1.29, 1.82) is 10.8 Å². The molecule has 2 aliphatic rings. The van der Waals surface area contributed by atoms with E-state index in [2.05, 4.69) is 5.32 Å². The third-order valence-corrected chi connectivity index (χ3v) is 9.63. The van der Waals surface area contributed by atoms with Crippen LogP contribution in [0.4, 0.5) is 0 Å². The van der Waals surface area contributed by atoms with Crippen LogP contribution in [0.1, 0.15) is 11.1 Å². The van der Waals surface area contributed by atoms with Gasteiger partial charge in [0.15, 0.2) is 10.3 Å².